The van der Waals surface area contributed by atoms with Crippen LogP contribution in [-0.2, 0) is 0 Å². The van der Waals surface area contributed by atoms with Gasteiger partial charge in [0.1, 0.15) is 5.82 Å². The highest BCUT2D eigenvalue weighted by molar-refractivity contribution is 5.45. The van der Waals surface area contributed by atoms with Crippen molar-refractivity contribution in [1.29, 1.82) is 0 Å². The van der Waals surface area contributed by atoms with Crippen LogP contribution >= 0.6 is 0 Å². The van der Waals surface area contributed by atoms with Crippen LogP contribution in [0.25, 0.3) is 0 Å². The maximum Gasteiger partial charge on any atom is 0.129 e. The molecule has 2 aromatic rings. The maximum absolute atomic E-state index is 4.50. The number of aromatic nitrogens is 1. The second kappa shape index (κ2) is 6.08. The Morgan fingerprint density at radius 1 is 1.05 bits per heavy atom. The normalized spacial score (nSPS) is 17.1. The van der Waals surface area contributed by atoms with Gasteiger partial charge in [0.2, 0.25) is 0 Å². The van der Waals surface area contributed by atoms with E-state index in [0.717, 1.165) is 11.7 Å². The molecular formula is C18H22N2. The lowest BCUT2D eigenvalue weighted by Crippen LogP contribution is -2.20. The van der Waals surface area contributed by atoms with Gasteiger partial charge in [0.05, 0.1) is 6.04 Å². The molecule has 104 valence electrons. The molecule has 1 fully saturated rings. The van der Waals surface area contributed by atoms with Gasteiger partial charge in [-0.25, -0.2) is 4.98 Å². The summed E-state index contributed by atoms with van der Waals surface area (Å²) in [5.74, 6) is 1.74. The first-order chi connectivity index (χ1) is 9.84. The van der Waals surface area contributed by atoms with E-state index in [1.807, 2.05) is 12.3 Å². The van der Waals surface area contributed by atoms with E-state index in [1.54, 1.807) is 0 Å². The number of aryl methyl sites for hydroxylation is 1. The van der Waals surface area contributed by atoms with E-state index in [9.17, 15) is 0 Å². The lowest BCUT2D eigenvalue weighted by molar-refractivity contribution is 0.469. The first-order valence-corrected chi connectivity index (χ1v) is 7.58. The van der Waals surface area contributed by atoms with E-state index in [0.29, 0.717) is 6.04 Å². The van der Waals surface area contributed by atoms with Gasteiger partial charge in [-0.2, -0.15) is 0 Å². The molecule has 1 atom stereocenters. The summed E-state index contributed by atoms with van der Waals surface area (Å²) in [6.45, 7) is 2.12. The molecule has 1 heterocycles. The summed E-state index contributed by atoms with van der Waals surface area (Å²) >= 11 is 0. The fourth-order valence-electron chi connectivity index (χ4n) is 3.21. The predicted molar refractivity (Wildman–Crippen MR) is 83.7 cm³/mol. The summed E-state index contributed by atoms with van der Waals surface area (Å²) in [6.07, 6.45) is 7.22. The van der Waals surface area contributed by atoms with E-state index in [1.165, 1.54) is 36.8 Å². The average molecular weight is 266 g/mol. The number of pyridine rings is 1. The molecule has 0 aliphatic heterocycles. The monoisotopic (exact) mass is 266 g/mol. The molecule has 0 radical (unpaired) electrons. The number of hydrogen-bond donors (Lipinski definition) is 1. The Bertz CT molecular complexity index is 544. The van der Waals surface area contributed by atoms with E-state index in [-0.39, 0.29) is 0 Å². The minimum Gasteiger partial charge on any atom is -0.363 e. The lowest BCUT2D eigenvalue weighted by Gasteiger charge is -2.26. The third-order valence-corrected chi connectivity index (χ3v) is 4.33. The first kappa shape index (κ1) is 13.2. The summed E-state index contributed by atoms with van der Waals surface area (Å²) in [4.78, 5) is 4.50. The number of nitrogens with zero attached hydrogens (tertiary/aromatic N) is 1. The first-order valence-electron chi connectivity index (χ1n) is 7.58. The van der Waals surface area contributed by atoms with Crippen LogP contribution in [0.15, 0.2) is 48.7 Å². The largest absolute Gasteiger partial charge is 0.363 e. The maximum atomic E-state index is 4.50. The summed E-state index contributed by atoms with van der Waals surface area (Å²) in [7, 11) is 0. The van der Waals surface area contributed by atoms with E-state index in [4.69, 9.17) is 0 Å². The lowest BCUT2D eigenvalue weighted by atomic mass is 9.91. The molecule has 20 heavy (non-hydrogen) atoms. The highest BCUT2D eigenvalue weighted by Crippen LogP contribution is 2.37. The van der Waals surface area contributed by atoms with E-state index < -0.39 is 0 Å². The Morgan fingerprint density at radius 3 is 2.50 bits per heavy atom. The Morgan fingerprint density at radius 2 is 1.80 bits per heavy atom. The highest BCUT2D eigenvalue weighted by atomic mass is 15.0. The van der Waals surface area contributed by atoms with Crippen molar-refractivity contribution in [3.05, 3.63) is 59.8 Å². The topological polar surface area (TPSA) is 24.9 Å². The van der Waals surface area contributed by atoms with Crippen LogP contribution in [0.3, 0.4) is 0 Å². The molecule has 0 saturated heterocycles. The second-order valence-electron chi connectivity index (χ2n) is 5.75. The molecule has 3 rings (SSSR count). The zero-order chi connectivity index (χ0) is 13.8. The molecule has 0 spiro atoms. The van der Waals surface area contributed by atoms with Gasteiger partial charge in [-0.1, -0.05) is 49.2 Å². The van der Waals surface area contributed by atoms with Gasteiger partial charge in [-0.05, 0) is 42.9 Å². The SMILES string of the molecule is Cc1cccnc1NC(c1ccccc1)C1CCCC1. The van der Waals surface area contributed by atoms with Gasteiger partial charge >= 0.3 is 0 Å². The van der Waals surface area contributed by atoms with Crippen molar-refractivity contribution in [3.63, 3.8) is 0 Å². The molecule has 0 amide bonds. The summed E-state index contributed by atoms with van der Waals surface area (Å²) in [5.41, 5.74) is 2.59. The number of anilines is 1. The summed E-state index contributed by atoms with van der Waals surface area (Å²) < 4.78 is 0. The van der Waals surface area contributed by atoms with Crippen molar-refractivity contribution in [2.24, 2.45) is 5.92 Å². The molecule has 1 aliphatic carbocycles. The number of rotatable bonds is 4. The minimum absolute atomic E-state index is 0.382. The molecule has 1 saturated carbocycles. The summed E-state index contributed by atoms with van der Waals surface area (Å²) in [6, 6.07) is 15.3. The van der Waals surface area contributed by atoms with Crippen LogP contribution in [0.4, 0.5) is 5.82 Å². The third kappa shape index (κ3) is 2.84. The van der Waals surface area contributed by atoms with Crippen LogP contribution in [0.5, 0.6) is 0 Å². The quantitative estimate of drug-likeness (QED) is 0.865. The van der Waals surface area contributed by atoms with Crippen molar-refractivity contribution >= 4 is 5.82 Å². The molecule has 1 N–H and O–H groups in total. The third-order valence-electron chi connectivity index (χ3n) is 4.33. The number of nitrogens with one attached hydrogen (secondary N) is 1. The zero-order valence-electron chi connectivity index (χ0n) is 12.0. The Hall–Kier alpha value is -1.83. The Labute approximate surface area is 121 Å². The van der Waals surface area contributed by atoms with Crippen molar-refractivity contribution in [2.75, 3.05) is 5.32 Å². The number of hydrogen-bond acceptors (Lipinski definition) is 2. The average Bonchev–Trinajstić information content (AvgIpc) is 3.01. The minimum atomic E-state index is 0.382. The molecule has 1 aromatic carbocycles. The second-order valence-corrected chi connectivity index (χ2v) is 5.75. The highest BCUT2D eigenvalue weighted by Gasteiger charge is 2.26. The molecule has 0 bridgehead atoms. The van der Waals surface area contributed by atoms with E-state index in [2.05, 4.69) is 53.6 Å². The van der Waals surface area contributed by atoms with Gasteiger partial charge in [0, 0.05) is 6.20 Å². The Balaban J connectivity index is 1.88. The van der Waals surface area contributed by atoms with Gasteiger partial charge < -0.3 is 5.32 Å². The van der Waals surface area contributed by atoms with Gasteiger partial charge in [0.15, 0.2) is 0 Å². The molecule has 2 nitrogen and oxygen atoms in total. The molecule has 1 unspecified atom stereocenters. The molecule has 1 aromatic heterocycles. The van der Waals surface area contributed by atoms with Crippen molar-refractivity contribution in [1.82, 2.24) is 4.98 Å². The van der Waals surface area contributed by atoms with Crippen LogP contribution < -0.4 is 5.32 Å². The van der Waals surface area contributed by atoms with Crippen LogP contribution in [-0.4, -0.2) is 4.98 Å². The smallest absolute Gasteiger partial charge is 0.129 e. The van der Waals surface area contributed by atoms with Crippen LogP contribution in [0.1, 0.15) is 42.9 Å². The van der Waals surface area contributed by atoms with Crippen LogP contribution in [0.2, 0.25) is 0 Å². The van der Waals surface area contributed by atoms with Gasteiger partial charge in [-0.15, -0.1) is 0 Å². The van der Waals surface area contributed by atoms with Crippen molar-refractivity contribution in [3.8, 4) is 0 Å². The predicted octanol–water partition coefficient (Wildman–Crippen LogP) is 4.73. The fraction of sp³-hybridized carbons (Fsp3) is 0.389. The van der Waals surface area contributed by atoms with E-state index >= 15 is 0 Å². The zero-order valence-corrected chi connectivity index (χ0v) is 12.0. The molecule has 1 aliphatic rings. The Kier molecular flexibility index (Phi) is 4.00. The van der Waals surface area contributed by atoms with Crippen LogP contribution in [0, 0.1) is 12.8 Å². The summed E-state index contributed by atoms with van der Waals surface area (Å²) in [5, 5.41) is 3.69. The van der Waals surface area contributed by atoms with Crippen molar-refractivity contribution < 1.29 is 0 Å². The van der Waals surface area contributed by atoms with Crippen molar-refractivity contribution in [2.45, 2.75) is 38.6 Å². The number of benzene rings is 1. The van der Waals surface area contributed by atoms with Gasteiger partial charge in [0.25, 0.3) is 0 Å². The standard InChI is InChI=1S/C18H22N2/c1-14-8-7-13-19-18(14)20-17(16-11-5-6-12-16)15-9-3-2-4-10-15/h2-4,7-10,13,16-17H,5-6,11-12H2,1H3,(H,19,20). The molecular weight excluding hydrogens is 244 g/mol. The van der Waals surface area contributed by atoms with Gasteiger partial charge in [-0.3, -0.25) is 0 Å². The molecule has 2 heteroatoms. The fourth-order valence-corrected chi connectivity index (χ4v) is 3.21.